The first-order valence-electron chi connectivity index (χ1n) is 9.26. The van der Waals surface area contributed by atoms with Crippen LogP contribution in [0.15, 0.2) is 65.8 Å². The second kappa shape index (κ2) is 9.45. The van der Waals surface area contributed by atoms with E-state index >= 15 is 0 Å². The van der Waals surface area contributed by atoms with Gasteiger partial charge in [-0.3, -0.25) is 14.5 Å². The summed E-state index contributed by atoms with van der Waals surface area (Å²) in [6.45, 7) is -0.388. The predicted octanol–water partition coefficient (Wildman–Crippen LogP) is 3.98. The summed E-state index contributed by atoms with van der Waals surface area (Å²) in [7, 11) is -2.92. The summed E-state index contributed by atoms with van der Waals surface area (Å²) in [5, 5.41) is 2.35. The average Bonchev–Trinajstić information content (AvgIpc) is 2.77. The number of hydrogen-bond donors (Lipinski definition) is 2. The van der Waals surface area contributed by atoms with Gasteiger partial charge < -0.3 is 10.1 Å². The second-order valence-corrected chi connectivity index (χ2v) is 8.32. The Morgan fingerprint density at radius 1 is 1.12 bits per heavy atom. The van der Waals surface area contributed by atoms with Crippen LogP contribution in [0.4, 0.5) is 23.2 Å². The molecule has 0 aliphatic rings. The molecule has 2 aromatic carbocycles. The number of nitrogens with one attached hydrogen (secondary N) is 2. The number of benzene rings is 2. The number of halogens is 4. The van der Waals surface area contributed by atoms with Gasteiger partial charge in [0, 0.05) is 18.8 Å². The van der Waals surface area contributed by atoms with Gasteiger partial charge in [0.05, 0.1) is 24.4 Å². The molecule has 2 N–H and O–H groups in total. The molecule has 12 heteroatoms. The van der Waals surface area contributed by atoms with Gasteiger partial charge in [0.15, 0.2) is 0 Å². The quantitative estimate of drug-likeness (QED) is 0.496. The van der Waals surface area contributed by atoms with Gasteiger partial charge in [0.2, 0.25) is 0 Å². The third-order valence-corrected chi connectivity index (χ3v) is 5.88. The monoisotopic (exact) mass is 483 g/mol. The number of anilines is 1. The van der Waals surface area contributed by atoms with E-state index in [1.165, 1.54) is 49.8 Å². The highest BCUT2D eigenvalue weighted by Crippen LogP contribution is 2.32. The van der Waals surface area contributed by atoms with Crippen LogP contribution in [0.3, 0.4) is 0 Å². The molecule has 0 aliphatic carbocycles. The maximum Gasteiger partial charge on any atom is 0.419 e. The zero-order valence-electron chi connectivity index (χ0n) is 17.0. The molecule has 3 aromatic rings. The van der Waals surface area contributed by atoms with Gasteiger partial charge in [0.25, 0.3) is 15.9 Å². The van der Waals surface area contributed by atoms with Gasteiger partial charge in [-0.05, 0) is 29.8 Å². The number of rotatable bonds is 7. The molecule has 0 aliphatic heterocycles. The van der Waals surface area contributed by atoms with Gasteiger partial charge in [-0.1, -0.05) is 18.2 Å². The zero-order valence-corrected chi connectivity index (χ0v) is 17.8. The van der Waals surface area contributed by atoms with Gasteiger partial charge in [-0.2, -0.15) is 13.2 Å². The van der Waals surface area contributed by atoms with E-state index in [-0.39, 0.29) is 34.0 Å². The fraction of sp³-hybridized carbons (Fsp3) is 0.143. The maximum absolute atomic E-state index is 13.5. The smallest absolute Gasteiger partial charge is 0.419 e. The highest BCUT2D eigenvalue weighted by molar-refractivity contribution is 7.92. The number of alkyl halides is 3. The standard InChI is InChI=1S/C21H17F4N3O4S/c1-32-18-8-9-26-12-17(18)28-33(30,31)19-5-3-2-4-14(19)20(29)27-11-13-6-7-16(22)15(10-13)21(23,24)25/h2-10,12,28H,11H2,1H3,(H,27,29). The van der Waals surface area contributed by atoms with E-state index < -0.39 is 33.5 Å². The number of sulfonamides is 1. The molecule has 174 valence electrons. The minimum Gasteiger partial charge on any atom is -0.494 e. The van der Waals surface area contributed by atoms with Crippen molar-refractivity contribution in [3.8, 4) is 5.75 Å². The van der Waals surface area contributed by atoms with Crippen LogP contribution in [0.25, 0.3) is 0 Å². The summed E-state index contributed by atoms with van der Waals surface area (Å²) in [6, 6.07) is 9.02. The lowest BCUT2D eigenvalue weighted by molar-refractivity contribution is -0.140. The largest absolute Gasteiger partial charge is 0.494 e. The number of aromatic nitrogens is 1. The molecule has 0 bridgehead atoms. The number of ether oxygens (including phenoxy) is 1. The minimum absolute atomic E-state index is 0.0179. The molecule has 0 radical (unpaired) electrons. The number of carbonyl (C=O) groups is 1. The molecule has 1 amide bonds. The predicted molar refractivity (Wildman–Crippen MR) is 111 cm³/mol. The number of nitrogens with zero attached hydrogens (tertiary/aromatic N) is 1. The molecule has 33 heavy (non-hydrogen) atoms. The lowest BCUT2D eigenvalue weighted by Gasteiger charge is -2.14. The summed E-state index contributed by atoms with van der Waals surface area (Å²) in [5.74, 6) is -2.09. The van der Waals surface area contributed by atoms with Crippen molar-refractivity contribution >= 4 is 21.6 Å². The second-order valence-electron chi connectivity index (χ2n) is 6.67. The van der Waals surface area contributed by atoms with Crippen molar-refractivity contribution in [1.29, 1.82) is 0 Å². The highest BCUT2D eigenvalue weighted by Gasteiger charge is 2.34. The van der Waals surface area contributed by atoms with Crippen molar-refractivity contribution < 1.29 is 35.5 Å². The Hall–Kier alpha value is -3.67. The zero-order chi connectivity index (χ0) is 24.2. The number of methoxy groups -OCH3 is 1. The first-order valence-corrected chi connectivity index (χ1v) is 10.7. The summed E-state index contributed by atoms with van der Waals surface area (Å²) < 4.78 is 85.4. The molecule has 0 spiro atoms. The number of pyridine rings is 1. The molecule has 0 fully saturated rings. The van der Waals surface area contributed by atoms with E-state index in [0.29, 0.717) is 12.1 Å². The molecule has 1 aromatic heterocycles. The van der Waals surface area contributed by atoms with E-state index in [0.717, 1.165) is 6.07 Å². The van der Waals surface area contributed by atoms with Gasteiger partial charge in [-0.15, -0.1) is 0 Å². The maximum atomic E-state index is 13.5. The third-order valence-electron chi connectivity index (χ3n) is 4.46. The summed E-state index contributed by atoms with van der Waals surface area (Å²) >= 11 is 0. The van der Waals surface area contributed by atoms with E-state index in [9.17, 15) is 30.8 Å². The fourth-order valence-corrected chi connectivity index (χ4v) is 4.16. The molecule has 7 nitrogen and oxygen atoms in total. The lowest BCUT2D eigenvalue weighted by atomic mass is 10.1. The van der Waals surface area contributed by atoms with Crippen LogP contribution >= 0.6 is 0 Å². The minimum atomic E-state index is -4.90. The summed E-state index contributed by atoms with van der Waals surface area (Å²) in [5.41, 5.74) is -1.69. The van der Waals surface area contributed by atoms with Crippen LogP contribution in [-0.2, 0) is 22.7 Å². The van der Waals surface area contributed by atoms with Crippen LogP contribution in [0, 0.1) is 5.82 Å². The molecular formula is C21H17F4N3O4S. The Morgan fingerprint density at radius 2 is 1.85 bits per heavy atom. The number of amides is 1. The Morgan fingerprint density at radius 3 is 2.55 bits per heavy atom. The van der Waals surface area contributed by atoms with Crippen molar-refractivity contribution in [3.63, 3.8) is 0 Å². The summed E-state index contributed by atoms with van der Waals surface area (Å²) in [6.07, 6.45) is -2.27. The topological polar surface area (TPSA) is 97.4 Å². The van der Waals surface area contributed by atoms with Crippen molar-refractivity contribution in [3.05, 3.63) is 83.4 Å². The molecule has 0 saturated heterocycles. The molecule has 1 heterocycles. The number of carbonyl (C=O) groups excluding carboxylic acids is 1. The van der Waals surface area contributed by atoms with Crippen molar-refractivity contribution in [1.82, 2.24) is 10.3 Å². The van der Waals surface area contributed by atoms with E-state index in [2.05, 4.69) is 15.0 Å². The highest BCUT2D eigenvalue weighted by atomic mass is 32.2. The van der Waals surface area contributed by atoms with Gasteiger partial charge in [0.1, 0.15) is 22.1 Å². The Labute approximate surface area is 186 Å². The van der Waals surface area contributed by atoms with Crippen LogP contribution in [0.5, 0.6) is 5.75 Å². The normalized spacial score (nSPS) is 11.7. The molecule has 0 saturated carbocycles. The number of hydrogen-bond acceptors (Lipinski definition) is 5. The van der Waals surface area contributed by atoms with E-state index in [1.807, 2.05) is 0 Å². The molecule has 3 rings (SSSR count). The fourth-order valence-electron chi connectivity index (χ4n) is 2.90. The first-order chi connectivity index (χ1) is 15.5. The Bertz CT molecular complexity index is 1280. The van der Waals surface area contributed by atoms with Crippen molar-refractivity contribution in [2.75, 3.05) is 11.8 Å². The average molecular weight is 483 g/mol. The molecule has 0 atom stereocenters. The Kier molecular flexibility index (Phi) is 6.86. The lowest BCUT2D eigenvalue weighted by Crippen LogP contribution is -2.26. The van der Waals surface area contributed by atoms with Crippen molar-refractivity contribution in [2.45, 2.75) is 17.6 Å². The first kappa shape index (κ1) is 24.0. The van der Waals surface area contributed by atoms with Crippen LogP contribution < -0.4 is 14.8 Å². The van der Waals surface area contributed by atoms with E-state index in [4.69, 9.17) is 4.74 Å². The van der Waals surface area contributed by atoms with Gasteiger partial charge >= 0.3 is 6.18 Å². The summed E-state index contributed by atoms with van der Waals surface area (Å²) in [4.78, 5) is 16.1. The van der Waals surface area contributed by atoms with Gasteiger partial charge in [-0.25, -0.2) is 12.8 Å². The van der Waals surface area contributed by atoms with Crippen molar-refractivity contribution in [2.24, 2.45) is 0 Å². The van der Waals surface area contributed by atoms with Crippen LogP contribution in [0.2, 0.25) is 0 Å². The van der Waals surface area contributed by atoms with E-state index in [1.54, 1.807) is 0 Å². The molecular weight excluding hydrogens is 466 g/mol. The third kappa shape index (κ3) is 5.58. The van der Waals surface area contributed by atoms with Crippen LogP contribution in [0.1, 0.15) is 21.5 Å². The SMILES string of the molecule is COc1ccncc1NS(=O)(=O)c1ccccc1C(=O)NCc1ccc(F)c(C(F)(F)F)c1. The molecule has 0 unspecified atom stereocenters. The van der Waals surface area contributed by atoms with Crippen LogP contribution in [-0.4, -0.2) is 26.4 Å². The Balaban J connectivity index is 1.84.